The Morgan fingerprint density at radius 2 is 1.93 bits per heavy atom. The minimum Gasteiger partial charge on any atom is -0.0810 e. The van der Waals surface area contributed by atoms with Crippen LogP contribution in [0.25, 0.3) is 5.57 Å². The highest BCUT2D eigenvalue weighted by Gasteiger charge is 2.05. The smallest absolute Gasteiger partial charge is 0.0224 e. The van der Waals surface area contributed by atoms with Gasteiger partial charge in [0.2, 0.25) is 0 Å². The zero-order chi connectivity index (χ0) is 9.80. The Balaban J connectivity index is 2.28. The van der Waals surface area contributed by atoms with Crippen LogP contribution in [0.2, 0.25) is 0 Å². The van der Waals surface area contributed by atoms with E-state index in [1.165, 1.54) is 29.6 Å². The van der Waals surface area contributed by atoms with Crippen molar-refractivity contribution in [2.24, 2.45) is 0 Å². The van der Waals surface area contributed by atoms with Crippen LogP contribution >= 0.6 is 0 Å². The molecule has 0 aromatic heterocycles. The predicted octanol–water partition coefficient (Wildman–Crippen LogP) is 4.20. The highest BCUT2D eigenvalue weighted by atomic mass is 14.1. The van der Waals surface area contributed by atoms with Gasteiger partial charge in [-0.25, -0.2) is 0 Å². The molecule has 0 aliphatic heterocycles. The summed E-state index contributed by atoms with van der Waals surface area (Å²) in [5, 5.41) is 0. The number of rotatable bonds is 2. The summed E-state index contributed by atoms with van der Waals surface area (Å²) in [7, 11) is 0. The van der Waals surface area contributed by atoms with Crippen LogP contribution < -0.4 is 0 Å². The van der Waals surface area contributed by atoms with Crippen molar-refractivity contribution in [1.82, 2.24) is 0 Å². The van der Waals surface area contributed by atoms with Crippen LogP contribution in [-0.2, 0) is 0 Å². The molecule has 2 rings (SSSR count). The topological polar surface area (TPSA) is 0 Å². The average molecular weight is 184 g/mol. The summed E-state index contributed by atoms with van der Waals surface area (Å²) in [6.07, 6.45) is 8.24. The molecule has 72 valence electrons. The van der Waals surface area contributed by atoms with E-state index in [1.807, 2.05) is 0 Å². The van der Waals surface area contributed by atoms with E-state index < -0.39 is 0 Å². The second-order valence-corrected chi connectivity index (χ2v) is 3.71. The maximum Gasteiger partial charge on any atom is -0.0224 e. The Kier molecular flexibility index (Phi) is 2.83. The normalized spacial score (nSPS) is 16.1. The number of benzene rings is 1. The Bertz CT molecular complexity index is 355. The van der Waals surface area contributed by atoms with Crippen LogP contribution in [0.5, 0.6) is 0 Å². The molecular formula is C14H16. The van der Waals surface area contributed by atoms with Gasteiger partial charge in [-0.3, -0.25) is 0 Å². The van der Waals surface area contributed by atoms with Gasteiger partial charge in [-0.15, -0.1) is 0 Å². The third-order valence-corrected chi connectivity index (χ3v) is 2.73. The zero-order valence-electron chi connectivity index (χ0n) is 8.66. The molecule has 1 aliphatic carbocycles. The molecule has 0 saturated carbocycles. The molecule has 1 aromatic rings. The quantitative estimate of drug-likeness (QED) is 0.646. The summed E-state index contributed by atoms with van der Waals surface area (Å²) in [6.45, 7) is 2.22. The van der Waals surface area contributed by atoms with Gasteiger partial charge in [0.05, 0.1) is 0 Å². The summed E-state index contributed by atoms with van der Waals surface area (Å²) >= 11 is 0. The van der Waals surface area contributed by atoms with Crippen LogP contribution in [0.15, 0.2) is 48.1 Å². The molecule has 0 atom stereocenters. The largest absolute Gasteiger partial charge is 0.0810 e. The van der Waals surface area contributed by atoms with Gasteiger partial charge in [0, 0.05) is 0 Å². The first-order valence-corrected chi connectivity index (χ1v) is 5.35. The number of hydrogen-bond acceptors (Lipinski definition) is 0. The van der Waals surface area contributed by atoms with Crippen LogP contribution in [0, 0.1) is 0 Å². The van der Waals surface area contributed by atoms with Gasteiger partial charge in [-0.2, -0.15) is 0 Å². The Morgan fingerprint density at radius 3 is 2.64 bits per heavy atom. The maximum absolute atomic E-state index is 2.35. The van der Waals surface area contributed by atoms with Gasteiger partial charge in [0.1, 0.15) is 0 Å². The van der Waals surface area contributed by atoms with Crippen molar-refractivity contribution in [3.63, 3.8) is 0 Å². The second-order valence-electron chi connectivity index (χ2n) is 3.71. The van der Waals surface area contributed by atoms with E-state index in [9.17, 15) is 0 Å². The van der Waals surface area contributed by atoms with E-state index in [1.54, 1.807) is 0 Å². The zero-order valence-corrected chi connectivity index (χ0v) is 8.66. The first-order valence-electron chi connectivity index (χ1n) is 5.35. The van der Waals surface area contributed by atoms with Gasteiger partial charge in [-0.05, 0) is 30.4 Å². The Hall–Kier alpha value is -1.30. The van der Waals surface area contributed by atoms with Crippen molar-refractivity contribution in [3.05, 3.63) is 53.6 Å². The van der Waals surface area contributed by atoms with Crippen molar-refractivity contribution in [2.75, 3.05) is 0 Å². The summed E-state index contributed by atoms with van der Waals surface area (Å²) in [4.78, 5) is 0. The van der Waals surface area contributed by atoms with Gasteiger partial charge < -0.3 is 0 Å². The molecule has 0 spiro atoms. The lowest BCUT2D eigenvalue weighted by Gasteiger charge is -2.12. The van der Waals surface area contributed by atoms with Gasteiger partial charge in [0.15, 0.2) is 0 Å². The summed E-state index contributed by atoms with van der Waals surface area (Å²) in [6, 6.07) is 10.7. The van der Waals surface area contributed by atoms with Gasteiger partial charge >= 0.3 is 0 Å². The monoisotopic (exact) mass is 184 g/mol. The van der Waals surface area contributed by atoms with Crippen molar-refractivity contribution in [1.29, 1.82) is 0 Å². The fourth-order valence-corrected chi connectivity index (χ4v) is 1.89. The van der Waals surface area contributed by atoms with Crippen LogP contribution in [-0.4, -0.2) is 0 Å². The van der Waals surface area contributed by atoms with E-state index in [-0.39, 0.29) is 0 Å². The summed E-state index contributed by atoms with van der Waals surface area (Å²) < 4.78 is 0. The molecular weight excluding hydrogens is 168 g/mol. The SMILES string of the molecule is CCC1=CCCC(c2ccccc2)=C1. The first kappa shape index (κ1) is 9.26. The average Bonchev–Trinajstić information content (AvgIpc) is 2.30. The lowest BCUT2D eigenvalue weighted by molar-refractivity contribution is 0.999. The summed E-state index contributed by atoms with van der Waals surface area (Å²) in [5.41, 5.74) is 4.35. The molecule has 0 N–H and O–H groups in total. The fourth-order valence-electron chi connectivity index (χ4n) is 1.89. The standard InChI is InChI=1S/C14H16/c1-2-12-7-6-10-14(11-12)13-8-4-3-5-9-13/h3-5,7-9,11H,2,6,10H2,1H3. The molecule has 0 heteroatoms. The maximum atomic E-state index is 2.35. The third kappa shape index (κ3) is 1.95. The lowest BCUT2D eigenvalue weighted by Crippen LogP contribution is -1.91. The second kappa shape index (κ2) is 4.28. The Morgan fingerprint density at radius 1 is 1.14 bits per heavy atom. The van der Waals surface area contributed by atoms with E-state index in [0.717, 1.165) is 6.42 Å². The molecule has 0 bridgehead atoms. The minimum absolute atomic E-state index is 1.15. The van der Waals surface area contributed by atoms with Crippen molar-refractivity contribution >= 4 is 5.57 Å². The van der Waals surface area contributed by atoms with Crippen LogP contribution in [0.3, 0.4) is 0 Å². The Labute approximate surface area is 86.0 Å². The van der Waals surface area contributed by atoms with Crippen LogP contribution in [0.1, 0.15) is 31.7 Å². The molecule has 0 nitrogen and oxygen atoms in total. The summed E-state index contributed by atoms with van der Waals surface area (Å²) in [5.74, 6) is 0. The van der Waals surface area contributed by atoms with E-state index in [0.29, 0.717) is 0 Å². The molecule has 0 radical (unpaired) electrons. The molecule has 0 fully saturated rings. The van der Waals surface area contributed by atoms with Crippen molar-refractivity contribution in [2.45, 2.75) is 26.2 Å². The highest BCUT2D eigenvalue weighted by molar-refractivity contribution is 5.69. The van der Waals surface area contributed by atoms with E-state index in [4.69, 9.17) is 0 Å². The van der Waals surface area contributed by atoms with Crippen molar-refractivity contribution in [3.8, 4) is 0 Å². The molecule has 0 unspecified atom stereocenters. The van der Waals surface area contributed by atoms with Crippen molar-refractivity contribution < 1.29 is 0 Å². The highest BCUT2D eigenvalue weighted by Crippen LogP contribution is 2.27. The first-order chi connectivity index (χ1) is 6.90. The van der Waals surface area contributed by atoms with Crippen LogP contribution in [0.4, 0.5) is 0 Å². The molecule has 0 amide bonds. The molecule has 14 heavy (non-hydrogen) atoms. The molecule has 1 aliphatic rings. The van der Waals surface area contributed by atoms with Gasteiger partial charge in [0.25, 0.3) is 0 Å². The predicted molar refractivity (Wildman–Crippen MR) is 62.0 cm³/mol. The van der Waals surface area contributed by atoms with Gasteiger partial charge in [-0.1, -0.05) is 55.0 Å². The lowest BCUT2D eigenvalue weighted by atomic mass is 9.93. The fraction of sp³-hybridized carbons (Fsp3) is 0.286. The molecule has 1 aromatic carbocycles. The number of allylic oxidation sites excluding steroid dienone is 4. The molecule has 0 heterocycles. The third-order valence-electron chi connectivity index (χ3n) is 2.73. The molecule has 0 saturated heterocycles. The van der Waals surface area contributed by atoms with E-state index >= 15 is 0 Å². The minimum atomic E-state index is 1.15. The number of hydrogen-bond donors (Lipinski definition) is 0. The van der Waals surface area contributed by atoms with E-state index in [2.05, 4.69) is 49.4 Å².